The molecule has 4 saturated carbocycles. The summed E-state index contributed by atoms with van der Waals surface area (Å²) < 4.78 is 0. The van der Waals surface area contributed by atoms with Crippen molar-refractivity contribution in [2.45, 2.75) is 51.0 Å². The molecule has 4 aliphatic carbocycles. The molecule has 1 aromatic heterocycles. The molecule has 0 radical (unpaired) electrons. The van der Waals surface area contributed by atoms with Crippen molar-refractivity contribution < 1.29 is 0 Å². The lowest BCUT2D eigenvalue weighted by Crippen LogP contribution is -2.44. The van der Waals surface area contributed by atoms with Crippen LogP contribution in [0.1, 0.15) is 62.6 Å². The molecule has 0 aliphatic heterocycles. The van der Waals surface area contributed by atoms with Crippen molar-refractivity contribution in [1.29, 1.82) is 0 Å². The second-order valence-electron chi connectivity index (χ2n) is 6.82. The molecule has 0 spiro atoms. The third-order valence-corrected chi connectivity index (χ3v) is 5.47. The van der Waals surface area contributed by atoms with Crippen LogP contribution in [0.2, 0.25) is 0 Å². The van der Waals surface area contributed by atoms with Gasteiger partial charge in [-0.3, -0.25) is 5.10 Å². The fraction of sp³-hybridized carbons (Fsp3) is 0.857. The van der Waals surface area contributed by atoms with E-state index >= 15 is 0 Å². The topological polar surface area (TPSA) is 67.6 Å². The van der Waals surface area contributed by atoms with Crippen LogP contribution in [0.3, 0.4) is 0 Å². The Morgan fingerprint density at radius 3 is 2.22 bits per heavy atom. The van der Waals surface area contributed by atoms with Crippen molar-refractivity contribution in [2.24, 2.45) is 29.4 Å². The minimum Gasteiger partial charge on any atom is -0.321 e. The summed E-state index contributed by atoms with van der Waals surface area (Å²) >= 11 is 0. The molecule has 1 unspecified atom stereocenters. The highest BCUT2D eigenvalue weighted by atomic mass is 15.2. The number of hydrogen-bond donors (Lipinski definition) is 2. The van der Waals surface area contributed by atoms with Gasteiger partial charge >= 0.3 is 0 Å². The van der Waals surface area contributed by atoms with Crippen LogP contribution in [0.5, 0.6) is 0 Å². The van der Waals surface area contributed by atoms with Crippen LogP contribution < -0.4 is 5.73 Å². The van der Waals surface area contributed by atoms with E-state index < -0.39 is 0 Å². The first-order chi connectivity index (χ1) is 8.70. The van der Waals surface area contributed by atoms with Crippen molar-refractivity contribution in [3.05, 3.63) is 11.6 Å². The number of nitrogens with zero attached hydrogens (tertiary/aromatic N) is 2. The largest absolute Gasteiger partial charge is 0.321 e. The van der Waals surface area contributed by atoms with Gasteiger partial charge in [0.25, 0.3) is 0 Å². The van der Waals surface area contributed by atoms with E-state index in [-0.39, 0.29) is 6.04 Å². The number of aromatic nitrogens is 3. The van der Waals surface area contributed by atoms with E-state index in [0.717, 1.165) is 35.3 Å². The van der Waals surface area contributed by atoms with Gasteiger partial charge in [-0.2, -0.15) is 5.10 Å². The average molecular weight is 246 g/mol. The van der Waals surface area contributed by atoms with E-state index in [1.807, 2.05) is 6.92 Å². The first-order valence-corrected chi connectivity index (χ1v) is 7.38. The Hall–Kier alpha value is -0.900. The normalized spacial score (nSPS) is 43.3. The summed E-state index contributed by atoms with van der Waals surface area (Å²) in [6.45, 7) is 1.95. The molecule has 1 atom stereocenters. The Bertz CT molecular complexity index is 422. The lowest BCUT2D eigenvalue weighted by molar-refractivity contribution is -0.00556. The van der Waals surface area contributed by atoms with E-state index in [1.165, 1.54) is 32.1 Å². The zero-order chi connectivity index (χ0) is 12.3. The van der Waals surface area contributed by atoms with Crippen molar-refractivity contribution in [3.8, 4) is 0 Å². The van der Waals surface area contributed by atoms with Crippen LogP contribution >= 0.6 is 0 Å². The fourth-order valence-corrected chi connectivity index (χ4v) is 5.01. The van der Waals surface area contributed by atoms with Gasteiger partial charge in [0, 0.05) is 5.92 Å². The molecule has 4 nitrogen and oxygen atoms in total. The van der Waals surface area contributed by atoms with Crippen LogP contribution in [0.25, 0.3) is 0 Å². The summed E-state index contributed by atoms with van der Waals surface area (Å²) in [5, 5.41) is 7.46. The lowest BCUT2D eigenvalue weighted by Gasteiger charge is -2.53. The number of nitrogens with one attached hydrogen (secondary N) is 1. The number of aromatic amines is 1. The predicted octanol–water partition coefficient (Wildman–Crippen LogP) is 2.36. The van der Waals surface area contributed by atoms with Crippen LogP contribution in [0.15, 0.2) is 0 Å². The van der Waals surface area contributed by atoms with Gasteiger partial charge in [-0.15, -0.1) is 0 Å². The smallest absolute Gasteiger partial charge is 0.167 e. The van der Waals surface area contributed by atoms with Gasteiger partial charge in [0.05, 0.1) is 6.04 Å². The number of nitrogens with two attached hydrogens (primary N) is 1. The van der Waals surface area contributed by atoms with E-state index in [1.54, 1.807) is 0 Å². The number of H-pyrrole nitrogens is 1. The second kappa shape index (κ2) is 3.80. The van der Waals surface area contributed by atoms with E-state index in [2.05, 4.69) is 15.2 Å². The summed E-state index contributed by atoms with van der Waals surface area (Å²) in [6, 6.07) is -0.0631. The van der Waals surface area contributed by atoms with E-state index in [4.69, 9.17) is 5.73 Å². The Balaban J connectivity index is 1.64. The molecule has 3 N–H and O–H groups in total. The minimum absolute atomic E-state index is 0.0631. The molecule has 4 heteroatoms. The lowest BCUT2D eigenvalue weighted by atomic mass is 9.52. The van der Waals surface area contributed by atoms with Gasteiger partial charge in [0.2, 0.25) is 0 Å². The molecule has 4 bridgehead atoms. The van der Waals surface area contributed by atoms with Gasteiger partial charge in [0.1, 0.15) is 5.82 Å². The molecule has 0 saturated heterocycles. The second-order valence-corrected chi connectivity index (χ2v) is 6.82. The maximum atomic E-state index is 5.86. The third kappa shape index (κ3) is 1.54. The van der Waals surface area contributed by atoms with E-state index in [0.29, 0.717) is 5.92 Å². The molecule has 98 valence electrons. The van der Waals surface area contributed by atoms with Gasteiger partial charge in [-0.1, -0.05) is 0 Å². The highest BCUT2D eigenvalue weighted by molar-refractivity contribution is 5.11. The Kier molecular flexibility index (Phi) is 2.31. The molecular weight excluding hydrogens is 224 g/mol. The molecule has 4 fully saturated rings. The molecule has 5 rings (SSSR count). The van der Waals surface area contributed by atoms with Crippen LogP contribution in [-0.4, -0.2) is 15.2 Å². The van der Waals surface area contributed by atoms with Crippen LogP contribution in [0, 0.1) is 23.7 Å². The summed E-state index contributed by atoms with van der Waals surface area (Å²) in [4.78, 5) is 4.66. The molecule has 4 aliphatic rings. The number of rotatable bonds is 2. The summed E-state index contributed by atoms with van der Waals surface area (Å²) in [5.41, 5.74) is 5.86. The Morgan fingerprint density at radius 2 is 1.72 bits per heavy atom. The number of hydrogen-bond acceptors (Lipinski definition) is 3. The quantitative estimate of drug-likeness (QED) is 0.841. The minimum atomic E-state index is -0.0631. The Labute approximate surface area is 108 Å². The summed E-state index contributed by atoms with van der Waals surface area (Å²) in [5.74, 6) is 6.28. The van der Waals surface area contributed by atoms with Crippen molar-refractivity contribution in [1.82, 2.24) is 15.2 Å². The maximum Gasteiger partial charge on any atom is 0.167 e. The van der Waals surface area contributed by atoms with Crippen molar-refractivity contribution >= 4 is 0 Å². The zero-order valence-corrected chi connectivity index (χ0v) is 11.0. The standard InChI is InChI=1S/C14H22N4/c1-7(15)13-16-14(18-17-13)12-10-3-8-2-9(5-10)6-11(12)4-8/h7-12H,2-6,15H2,1H3,(H,16,17,18). The summed E-state index contributed by atoms with van der Waals surface area (Å²) in [6.07, 6.45) is 7.19. The van der Waals surface area contributed by atoms with Gasteiger partial charge in [-0.25, -0.2) is 4.98 Å². The maximum absolute atomic E-state index is 5.86. The molecule has 1 aromatic rings. The highest BCUT2D eigenvalue weighted by Gasteiger charge is 2.49. The fourth-order valence-electron chi connectivity index (χ4n) is 5.01. The SMILES string of the molecule is CC(N)c1n[nH]c(C2C3CC4CC(C3)CC2C4)n1. The monoisotopic (exact) mass is 246 g/mol. The molecule has 0 aromatic carbocycles. The molecule has 18 heavy (non-hydrogen) atoms. The van der Waals surface area contributed by atoms with Crippen molar-refractivity contribution in [3.63, 3.8) is 0 Å². The first-order valence-electron chi connectivity index (χ1n) is 7.38. The third-order valence-electron chi connectivity index (χ3n) is 5.47. The zero-order valence-electron chi connectivity index (χ0n) is 11.0. The molecule has 0 amide bonds. The molecular formula is C14H22N4. The van der Waals surface area contributed by atoms with Gasteiger partial charge in [-0.05, 0) is 62.7 Å². The predicted molar refractivity (Wildman–Crippen MR) is 68.8 cm³/mol. The molecule has 1 heterocycles. The first kappa shape index (κ1) is 11.0. The van der Waals surface area contributed by atoms with Crippen LogP contribution in [0.4, 0.5) is 0 Å². The highest BCUT2D eigenvalue weighted by Crippen LogP contribution is 2.59. The van der Waals surface area contributed by atoms with Crippen molar-refractivity contribution in [2.75, 3.05) is 0 Å². The van der Waals surface area contributed by atoms with Crippen LogP contribution in [-0.2, 0) is 0 Å². The van der Waals surface area contributed by atoms with Gasteiger partial charge in [0.15, 0.2) is 5.82 Å². The Morgan fingerprint density at radius 1 is 1.11 bits per heavy atom. The average Bonchev–Trinajstić information content (AvgIpc) is 2.77. The van der Waals surface area contributed by atoms with E-state index in [9.17, 15) is 0 Å². The van der Waals surface area contributed by atoms with Gasteiger partial charge < -0.3 is 5.73 Å². The summed E-state index contributed by atoms with van der Waals surface area (Å²) in [7, 11) is 0.